The molecule has 1 saturated carbocycles. The van der Waals surface area contributed by atoms with Gasteiger partial charge in [-0.25, -0.2) is 9.98 Å². The maximum Gasteiger partial charge on any atom is 0.191 e. The summed E-state index contributed by atoms with van der Waals surface area (Å²) in [5.41, 5.74) is 5.96. The minimum absolute atomic E-state index is 0. The van der Waals surface area contributed by atoms with Crippen LogP contribution in [0.25, 0.3) is 0 Å². The van der Waals surface area contributed by atoms with Crippen molar-refractivity contribution in [2.45, 2.75) is 45.8 Å². The lowest BCUT2D eigenvalue weighted by Crippen LogP contribution is -2.35. The van der Waals surface area contributed by atoms with Crippen molar-refractivity contribution in [2.75, 3.05) is 7.05 Å². The Hall–Kier alpha value is -0.790. The fraction of sp³-hybridized carbons (Fsp3) is 0.692. The Balaban J connectivity index is 0.00000180. The van der Waals surface area contributed by atoms with Crippen molar-refractivity contribution in [2.24, 2.45) is 16.6 Å². The number of halogens is 1. The van der Waals surface area contributed by atoms with Crippen LogP contribution in [-0.2, 0) is 13.1 Å². The maximum absolute atomic E-state index is 5.96. The Morgan fingerprint density at radius 3 is 2.84 bits per heavy atom. The van der Waals surface area contributed by atoms with E-state index in [4.69, 9.17) is 5.73 Å². The molecule has 5 nitrogen and oxygen atoms in total. The van der Waals surface area contributed by atoms with Gasteiger partial charge in [-0.05, 0) is 18.8 Å². The Kier molecular flexibility index (Phi) is 6.09. The molecular formula is C13H24IN5. The molecule has 0 saturated heterocycles. The monoisotopic (exact) mass is 377 g/mol. The largest absolute Gasteiger partial charge is 0.370 e. The first-order chi connectivity index (χ1) is 8.58. The zero-order valence-corrected chi connectivity index (χ0v) is 14.2. The molecule has 0 bridgehead atoms. The van der Waals surface area contributed by atoms with E-state index in [-0.39, 0.29) is 24.0 Å². The summed E-state index contributed by atoms with van der Waals surface area (Å²) < 4.78 is 2.15. The molecule has 0 aromatic carbocycles. The first-order valence-corrected chi connectivity index (χ1v) is 6.60. The lowest BCUT2D eigenvalue weighted by molar-refractivity contribution is 0.483. The third kappa shape index (κ3) is 4.67. The van der Waals surface area contributed by atoms with Gasteiger partial charge in [-0.2, -0.15) is 0 Å². The molecule has 0 unspecified atom stereocenters. The van der Waals surface area contributed by atoms with Gasteiger partial charge < -0.3 is 15.2 Å². The standard InChI is InChI=1S/C13H23N5.HI/c1-10(2)9-18-7-6-15-12(18)8-16-13(14)17(3)11-4-5-11;/h6-7,10-11H,4-5,8-9H2,1-3H3,(H2,14,16);1H. The van der Waals surface area contributed by atoms with Crippen molar-refractivity contribution in [3.8, 4) is 0 Å². The summed E-state index contributed by atoms with van der Waals surface area (Å²) in [7, 11) is 2.01. The normalized spacial score (nSPS) is 15.5. The van der Waals surface area contributed by atoms with Crippen LogP contribution in [0, 0.1) is 5.92 Å². The van der Waals surface area contributed by atoms with Gasteiger partial charge in [0.15, 0.2) is 5.96 Å². The lowest BCUT2D eigenvalue weighted by atomic mass is 10.2. The van der Waals surface area contributed by atoms with Gasteiger partial charge in [-0.15, -0.1) is 24.0 Å². The number of nitrogens with two attached hydrogens (primary N) is 1. The van der Waals surface area contributed by atoms with E-state index in [1.165, 1.54) is 12.8 Å². The van der Waals surface area contributed by atoms with Gasteiger partial charge in [0.1, 0.15) is 12.4 Å². The number of guanidine groups is 1. The molecule has 6 heteroatoms. The summed E-state index contributed by atoms with van der Waals surface area (Å²) >= 11 is 0. The van der Waals surface area contributed by atoms with Gasteiger partial charge >= 0.3 is 0 Å². The van der Waals surface area contributed by atoms with Crippen molar-refractivity contribution in [3.63, 3.8) is 0 Å². The van der Waals surface area contributed by atoms with E-state index in [2.05, 4.69) is 33.3 Å². The van der Waals surface area contributed by atoms with Crippen LogP contribution in [0.1, 0.15) is 32.5 Å². The Bertz CT molecular complexity index is 422. The van der Waals surface area contributed by atoms with Gasteiger partial charge in [-0.3, -0.25) is 0 Å². The minimum Gasteiger partial charge on any atom is -0.370 e. The summed E-state index contributed by atoms with van der Waals surface area (Å²) in [5.74, 6) is 2.21. The van der Waals surface area contributed by atoms with Crippen molar-refractivity contribution in [1.29, 1.82) is 0 Å². The number of imidazole rings is 1. The lowest BCUT2D eigenvalue weighted by Gasteiger charge is -2.17. The number of rotatable bonds is 5. The Labute approximate surface area is 132 Å². The molecule has 2 rings (SSSR count). The maximum atomic E-state index is 5.96. The van der Waals surface area contributed by atoms with Crippen molar-refractivity contribution in [1.82, 2.24) is 14.5 Å². The molecule has 2 N–H and O–H groups in total. The fourth-order valence-electron chi connectivity index (χ4n) is 1.96. The van der Waals surface area contributed by atoms with Gasteiger partial charge in [0.25, 0.3) is 0 Å². The number of hydrogen-bond acceptors (Lipinski definition) is 2. The van der Waals surface area contributed by atoms with E-state index in [9.17, 15) is 0 Å². The molecule has 108 valence electrons. The van der Waals surface area contributed by atoms with Gasteiger partial charge in [0, 0.05) is 32.0 Å². The Morgan fingerprint density at radius 2 is 2.26 bits per heavy atom. The predicted molar refractivity (Wildman–Crippen MR) is 88.6 cm³/mol. The van der Waals surface area contributed by atoms with Crippen LogP contribution in [0.15, 0.2) is 17.4 Å². The molecule has 1 aromatic rings. The number of hydrogen-bond donors (Lipinski definition) is 1. The fourth-order valence-corrected chi connectivity index (χ4v) is 1.96. The summed E-state index contributed by atoms with van der Waals surface area (Å²) in [6, 6.07) is 0.601. The topological polar surface area (TPSA) is 59.4 Å². The second-order valence-electron chi connectivity index (χ2n) is 5.41. The van der Waals surface area contributed by atoms with Crippen molar-refractivity contribution < 1.29 is 0 Å². The van der Waals surface area contributed by atoms with Crippen LogP contribution in [0.4, 0.5) is 0 Å². The number of aromatic nitrogens is 2. The van der Waals surface area contributed by atoms with Crippen molar-refractivity contribution in [3.05, 3.63) is 18.2 Å². The molecular weight excluding hydrogens is 353 g/mol. The van der Waals surface area contributed by atoms with Gasteiger partial charge in [-0.1, -0.05) is 13.8 Å². The van der Waals surface area contributed by atoms with Crippen LogP contribution in [0.3, 0.4) is 0 Å². The number of nitrogens with zero attached hydrogens (tertiary/aromatic N) is 4. The summed E-state index contributed by atoms with van der Waals surface area (Å²) in [4.78, 5) is 10.8. The third-order valence-corrected chi connectivity index (χ3v) is 3.20. The van der Waals surface area contributed by atoms with Gasteiger partial charge in [0.2, 0.25) is 0 Å². The van der Waals surface area contributed by atoms with Crippen LogP contribution in [-0.4, -0.2) is 33.5 Å². The van der Waals surface area contributed by atoms with Crippen molar-refractivity contribution >= 4 is 29.9 Å². The average molecular weight is 377 g/mol. The molecule has 0 amide bonds. The summed E-state index contributed by atoms with van der Waals surface area (Å²) in [5, 5.41) is 0. The summed E-state index contributed by atoms with van der Waals surface area (Å²) in [6.45, 7) is 5.93. The second-order valence-corrected chi connectivity index (χ2v) is 5.41. The minimum atomic E-state index is 0. The van der Waals surface area contributed by atoms with Crippen LogP contribution in [0.2, 0.25) is 0 Å². The molecule has 1 aliphatic carbocycles. The summed E-state index contributed by atoms with van der Waals surface area (Å²) in [6.07, 6.45) is 6.29. The quantitative estimate of drug-likeness (QED) is 0.486. The van der Waals surface area contributed by atoms with Crippen LogP contribution >= 0.6 is 24.0 Å². The Morgan fingerprint density at radius 1 is 1.58 bits per heavy atom. The SMILES string of the molecule is CC(C)Cn1ccnc1CN=C(N)N(C)C1CC1.I. The van der Waals surface area contributed by atoms with Crippen LogP contribution < -0.4 is 5.73 Å². The highest BCUT2D eigenvalue weighted by Gasteiger charge is 2.27. The zero-order chi connectivity index (χ0) is 13.1. The first-order valence-electron chi connectivity index (χ1n) is 6.60. The molecule has 0 spiro atoms. The molecule has 19 heavy (non-hydrogen) atoms. The first kappa shape index (κ1) is 16.3. The molecule has 1 fully saturated rings. The molecule has 1 heterocycles. The molecule has 1 aromatic heterocycles. The van der Waals surface area contributed by atoms with Crippen LogP contribution in [0.5, 0.6) is 0 Å². The smallest absolute Gasteiger partial charge is 0.191 e. The molecule has 0 aliphatic heterocycles. The zero-order valence-electron chi connectivity index (χ0n) is 11.9. The molecule has 0 atom stereocenters. The van der Waals surface area contributed by atoms with E-state index in [0.29, 0.717) is 24.5 Å². The van der Waals surface area contributed by atoms with E-state index in [1.54, 1.807) is 0 Å². The van der Waals surface area contributed by atoms with E-state index in [1.807, 2.05) is 19.4 Å². The third-order valence-electron chi connectivity index (χ3n) is 3.20. The highest BCUT2D eigenvalue weighted by Crippen LogP contribution is 2.24. The molecule has 1 aliphatic rings. The van der Waals surface area contributed by atoms with E-state index >= 15 is 0 Å². The number of aliphatic imine (C=N–C) groups is 1. The predicted octanol–water partition coefficient (Wildman–Crippen LogP) is 2.07. The van der Waals surface area contributed by atoms with Gasteiger partial charge in [0.05, 0.1) is 0 Å². The highest BCUT2D eigenvalue weighted by atomic mass is 127. The van der Waals surface area contributed by atoms with E-state index in [0.717, 1.165) is 12.4 Å². The average Bonchev–Trinajstić information content (AvgIpc) is 3.07. The highest BCUT2D eigenvalue weighted by molar-refractivity contribution is 14.0. The second kappa shape index (κ2) is 7.12. The molecule has 0 radical (unpaired) electrons. The van der Waals surface area contributed by atoms with E-state index < -0.39 is 0 Å².